The molecule has 3 aromatic carbocycles. The van der Waals surface area contributed by atoms with Crippen LogP contribution in [0.5, 0.6) is 0 Å². The zero-order chi connectivity index (χ0) is 27.4. The van der Waals surface area contributed by atoms with Crippen LogP contribution < -0.4 is 5.32 Å². The predicted octanol–water partition coefficient (Wildman–Crippen LogP) is 8.83. The zero-order valence-corrected chi connectivity index (χ0v) is 20.5. The first kappa shape index (κ1) is 28.1. The van der Waals surface area contributed by atoms with E-state index in [1.54, 1.807) is 51.1 Å². The molecule has 1 unspecified atom stereocenters. The number of anilines is 2. The lowest BCUT2D eigenvalue weighted by molar-refractivity contribution is -0.146. The van der Waals surface area contributed by atoms with Crippen molar-refractivity contribution in [1.29, 1.82) is 0 Å². The first-order chi connectivity index (χ1) is 17.3. The van der Waals surface area contributed by atoms with Gasteiger partial charge in [0.1, 0.15) is 0 Å². The smallest absolute Gasteiger partial charge is 0.418 e. The molecule has 9 heteroatoms. The molecule has 0 bridgehead atoms. The first-order valence-corrected chi connectivity index (χ1v) is 11.7. The van der Waals surface area contributed by atoms with Crippen molar-refractivity contribution in [2.24, 2.45) is 5.92 Å². The molecule has 1 atom stereocenters. The summed E-state index contributed by atoms with van der Waals surface area (Å²) < 4.78 is 87.8. The van der Waals surface area contributed by atoms with E-state index in [-0.39, 0.29) is 35.9 Å². The Morgan fingerprint density at radius 3 is 2.00 bits per heavy atom. The summed E-state index contributed by atoms with van der Waals surface area (Å²) in [5.74, 6) is -2.09. The number of hydrogen-bond donors (Lipinski definition) is 1. The van der Waals surface area contributed by atoms with Gasteiger partial charge in [-0.2, -0.15) is 26.3 Å². The molecule has 0 amide bonds. The largest absolute Gasteiger partial charge is 0.466 e. The highest BCUT2D eigenvalue weighted by atomic mass is 19.4. The molecule has 37 heavy (non-hydrogen) atoms. The molecule has 3 rings (SSSR count). The molecule has 0 aliphatic heterocycles. The molecule has 1 N–H and O–H groups in total. The van der Waals surface area contributed by atoms with Crippen molar-refractivity contribution in [3.63, 3.8) is 0 Å². The highest BCUT2D eigenvalue weighted by Crippen LogP contribution is 2.45. The van der Waals surface area contributed by atoms with E-state index in [4.69, 9.17) is 4.74 Å². The van der Waals surface area contributed by atoms with Crippen molar-refractivity contribution < 1.29 is 35.9 Å². The predicted molar refractivity (Wildman–Crippen MR) is 130 cm³/mol. The van der Waals surface area contributed by atoms with Gasteiger partial charge in [-0.3, -0.25) is 4.79 Å². The molecule has 198 valence electrons. The fraction of sp³-hybridized carbons (Fsp3) is 0.321. The zero-order valence-electron chi connectivity index (χ0n) is 20.5. The average molecular weight is 524 g/mol. The molecule has 0 radical (unpaired) electrons. The molecule has 0 heterocycles. The van der Waals surface area contributed by atoms with Gasteiger partial charge in [0.25, 0.3) is 0 Å². The van der Waals surface area contributed by atoms with Crippen LogP contribution in [0, 0.1) is 5.92 Å². The molecule has 0 saturated carbocycles. The minimum absolute atomic E-state index is 0.00379. The molecule has 0 spiro atoms. The van der Waals surface area contributed by atoms with Crippen molar-refractivity contribution in [1.82, 2.24) is 0 Å². The maximum Gasteiger partial charge on any atom is 0.418 e. The van der Waals surface area contributed by atoms with Crippen LogP contribution in [0.4, 0.5) is 37.7 Å². The van der Waals surface area contributed by atoms with Crippen LogP contribution >= 0.6 is 0 Å². The molecule has 0 fully saturated rings. The van der Waals surface area contributed by atoms with Gasteiger partial charge in [0.2, 0.25) is 0 Å². The number of esters is 1. The standard InChI is InChI=1S/C28H27F6NO2/c1-4-37-26(36)23(14-17(2)3)22-15-19(18-8-6-5-7-9-18)16-24(25(22)28(32,33)34)35-21-12-10-20(11-13-21)27(29,30)31/h5-13,15-17,23,35H,4,14H2,1-3H3. The van der Waals surface area contributed by atoms with Gasteiger partial charge in [-0.15, -0.1) is 0 Å². The lowest BCUT2D eigenvalue weighted by atomic mass is 9.84. The highest BCUT2D eigenvalue weighted by molar-refractivity contribution is 5.83. The van der Waals surface area contributed by atoms with Crippen LogP contribution in [0.1, 0.15) is 49.8 Å². The molecule has 0 aliphatic rings. The third-order valence-corrected chi connectivity index (χ3v) is 5.70. The van der Waals surface area contributed by atoms with Crippen molar-refractivity contribution in [2.45, 2.75) is 45.5 Å². The fourth-order valence-corrected chi connectivity index (χ4v) is 4.11. The number of halogens is 6. The monoisotopic (exact) mass is 523 g/mol. The minimum Gasteiger partial charge on any atom is -0.466 e. The van der Waals surface area contributed by atoms with Gasteiger partial charge >= 0.3 is 18.3 Å². The van der Waals surface area contributed by atoms with Gasteiger partial charge in [-0.05, 0) is 72.4 Å². The summed E-state index contributed by atoms with van der Waals surface area (Å²) in [5, 5.41) is 2.65. The van der Waals surface area contributed by atoms with Gasteiger partial charge in [0, 0.05) is 5.69 Å². The lowest BCUT2D eigenvalue weighted by Crippen LogP contribution is -2.23. The summed E-state index contributed by atoms with van der Waals surface area (Å²) in [5.41, 5.74) is -1.56. The summed E-state index contributed by atoms with van der Waals surface area (Å²) >= 11 is 0. The van der Waals surface area contributed by atoms with Crippen LogP contribution in [0.25, 0.3) is 11.1 Å². The summed E-state index contributed by atoms with van der Waals surface area (Å²) in [6.45, 7) is 5.17. The van der Waals surface area contributed by atoms with Crippen molar-refractivity contribution in [2.75, 3.05) is 11.9 Å². The molecule has 0 saturated heterocycles. The second-order valence-corrected chi connectivity index (χ2v) is 8.99. The Balaban J connectivity index is 2.26. The maximum absolute atomic E-state index is 14.6. The van der Waals surface area contributed by atoms with Crippen LogP contribution in [-0.2, 0) is 21.9 Å². The van der Waals surface area contributed by atoms with Crippen LogP contribution in [0.2, 0.25) is 0 Å². The topological polar surface area (TPSA) is 38.3 Å². The minimum atomic E-state index is -4.87. The van der Waals surface area contributed by atoms with Gasteiger partial charge in [-0.1, -0.05) is 44.2 Å². The molecular weight excluding hydrogens is 496 g/mol. The number of nitrogens with one attached hydrogen (secondary N) is 1. The number of rotatable bonds is 8. The van der Waals surface area contributed by atoms with Crippen molar-refractivity contribution >= 4 is 17.3 Å². The van der Waals surface area contributed by atoms with E-state index in [1.807, 2.05) is 0 Å². The maximum atomic E-state index is 14.6. The summed E-state index contributed by atoms with van der Waals surface area (Å²) in [6.07, 6.45) is -9.35. The van der Waals surface area contributed by atoms with Crippen molar-refractivity contribution in [3.8, 4) is 11.1 Å². The van der Waals surface area contributed by atoms with E-state index < -0.39 is 35.4 Å². The van der Waals surface area contributed by atoms with E-state index in [9.17, 15) is 31.1 Å². The molecule has 0 aromatic heterocycles. The third-order valence-electron chi connectivity index (χ3n) is 5.70. The van der Waals surface area contributed by atoms with Crippen molar-refractivity contribution in [3.05, 3.63) is 83.4 Å². The normalized spacial score (nSPS) is 12.9. The van der Waals surface area contributed by atoms with Crippen LogP contribution in [0.3, 0.4) is 0 Å². The Bertz CT molecular complexity index is 1200. The molecular formula is C28H27F6NO2. The second kappa shape index (κ2) is 11.3. The molecule has 0 aliphatic carbocycles. The molecule has 3 nitrogen and oxygen atoms in total. The van der Waals surface area contributed by atoms with Crippen LogP contribution in [-0.4, -0.2) is 12.6 Å². The second-order valence-electron chi connectivity index (χ2n) is 8.99. The molecule has 3 aromatic rings. The number of benzene rings is 3. The van der Waals surface area contributed by atoms with E-state index in [1.165, 1.54) is 12.1 Å². The number of alkyl halides is 6. The number of hydrogen-bond acceptors (Lipinski definition) is 3. The van der Waals surface area contributed by atoms with E-state index in [0.717, 1.165) is 24.3 Å². The lowest BCUT2D eigenvalue weighted by Gasteiger charge is -2.26. The Kier molecular flexibility index (Phi) is 8.56. The van der Waals surface area contributed by atoms with Crippen LogP contribution in [0.15, 0.2) is 66.7 Å². The number of carbonyl (C=O) groups is 1. The summed E-state index contributed by atoms with van der Waals surface area (Å²) in [4.78, 5) is 12.9. The summed E-state index contributed by atoms with van der Waals surface area (Å²) in [6, 6.07) is 15.0. The van der Waals surface area contributed by atoms with E-state index in [0.29, 0.717) is 11.1 Å². The van der Waals surface area contributed by atoms with Gasteiger partial charge in [-0.25, -0.2) is 0 Å². The van der Waals surface area contributed by atoms with Gasteiger partial charge in [0.05, 0.1) is 29.3 Å². The number of carbonyl (C=O) groups excluding carboxylic acids is 1. The van der Waals surface area contributed by atoms with E-state index in [2.05, 4.69) is 5.32 Å². The SMILES string of the molecule is CCOC(=O)C(CC(C)C)c1cc(-c2ccccc2)cc(Nc2ccc(C(F)(F)F)cc2)c1C(F)(F)F. The Labute approximate surface area is 211 Å². The Morgan fingerprint density at radius 2 is 1.49 bits per heavy atom. The Hall–Kier alpha value is -3.49. The first-order valence-electron chi connectivity index (χ1n) is 11.7. The van der Waals surface area contributed by atoms with Gasteiger partial charge in [0.15, 0.2) is 0 Å². The quantitative estimate of drug-likeness (QED) is 0.237. The third kappa shape index (κ3) is 7.05. The summed E-state index contributed by atoms with van der Waals surface area (Å²) in [7, 11) is 0. The highest BCUT2D eigenvalue weighted by Gasteiger charge is 2.41. The van der Waals surface area contributed by atoms with E-state index >= 15 is 0 Å². The fourth-order valence-electron chi connectivity index (χ4n) is 4.11. The average Bonchev–Trinajstić information content (AvgIpc) is 2.81. The Morgan fingerprint density at radius 1 is 0.865 bits per heavy atom. The number of ether oxygens (including phenoxy) is 1. The van der Waals surface area contributed by atoms with Gasteiger partial charge < -0.3 is 10.1 Å².